The van der Waals surface area contributed by atoms with Gasteiger partial charge in [-0.3, -0.25) is 0 Å². The molecular weight excluding hydrogens is 220 g/mol. The Morgan fingerprint density at radius 3 is 2.50 bits per heavy atom. The predicted molar refractivity (Wildman–Crippen MR) is 75.8 cm³/mol. The average Bonchev–Trinajstić information content (AvgIpc) is 2.41. The number of hydrogen-bond acceptors (Lipinski definition) is 1. The lowest BCUT2D eigenvalue weighted by Crippen LogP contribution is -2.03. The smallest absolute Gasteiger partial charge is 0.104 e. The van der Waals surface area contributed by atoms with Gasteiger partial charge in [-0.25, -0.2) is 0 Å². The molecule has 0 fully saturated rings. The van der Waals surface area contributed by atoms with Crippen LogP contribution in [0.1, 0.15) is 40.8 Å². The normalized spacial score (nSPS) is 12.4. The van der Waals surface area contributed by atoms with Crippen LogP contribution in [0.2, 0.25) is 0 Å². The Morgan fingerprint density at radius 1 is 1.06 bits per heavy atom. The van der Waals surface area contributed by atoms with E-state index in [0.717, 1.165) is 17.5 Å². The number of aryl methyl sites for hydroxylation is 2. The molecule has 1 heteroatoms. The molecule has 0 saturated carbocycles. The van der Waals surface area contributed by atoms with E-state index in [1.54, 1.807) is 0 Å². The Bertz CT molecular complexity index is 543. The highest BCUT2D eigenvalue weighted by molar-refractivity contribution is 5.40. The monoisotopic (exact) mass is 240 g/mol. The number of rotatable bonds is 3. The van der Waals surface area contributed by atoms with E-state index in [1.165, 1.54) is 16.7 Å². The molecule has 0 spiro atoms. The molecule has 0 aliphatic heterocycles. The molecule has 1 unspecified atom stereocenters. The van der Waals surface area contributed by atoms with Gasteiger partial charge in [0.2, 0.25) is 0 Å². The minimum Gasteiger partial charge on any atom is -0.384 e. The third-order valence-corrected chi connectivity index (χ3v) is 3.62. The van der Waals surface area contributed by atoms with Crippen molar-refractivity contribution in [3.63, 3.8) is 0 Å². The highest BCUT2D eigenvalue weighted by atomic mass is 16.3. The van der Waals surface area contributed by atoms with E-state index in [4.69, 9.17) is 0 Å². The molecule has 18 heavy (non-hydrogen) atoms. The summed E-state index contributed by atoms with van der Waals surface area (Å²) < 4.78 is 0. The van der Waals surface area contributed by atoms with Gasteiger partial charge in [0.25, 0.3) is 0 Å². The molecule has 1 N–H and O–H groups in total. The summed E-state index contributed by atoms with van der Waals surface area (Å²) in [5.41, 5.74) is 5.63. The summed E-state index contributed by atoms with van der Waals surface area (Å²) in [6, 6.07) is 14.3. The van der Waals surface area contributed by atoms with Gasteiger partial charge in [-0.05, 0) is 48.1 Å². The van der Waals surface area contributed by atoms with Crippen LogP contribution in [0.15, 0.2) is 42.5 Å². The Labute approximate surface area is 109 Å². The lowest BCUT2D eigenvalue weighted by Gasteiger charge is -2.16. The van der Waals surface area contributed by atoms with Gasteiger partial charge in [0.15, 0.2) is 0 Å². The van der Waals surface area contributed by atoms with Gasteiger partial charge in [-0.2, -0.15) is 0 Å². The molecule has 2 aromatic rings. The van der Waals surface area contributed by atoms with Crippen molar-refractivity contribution in [3.05, 3.63) is 70.3 Å². The highest BCUT2D eigenvalue weighted by Gasteiger charge is 2.13. The second-order valence-corrected chi connectivity index (χ2v) is 4.79. The molecule has 0 bridgehead atoms. The Morgan fingerprint density at radius 2 is 1.78 bits per heavy atom. The van der Waals surface area contributed by atoms with Crippen molar-refractivity contribution in [2.24, 2.45) is 0 Å². The molecule has 94 valence electrons. The van der Waals surface area contributed by atoms with Crippen LogP contribution in [-0.4, -0.2) is 5.11 Å². The molecule has 0 heterocycles. The van der Waals surface area contributed by atoms with Gasteiger partial charge in [-0.1, -0.05) is 49.4 Å². The Balaban J connectivity index is 2.41. The fraction of sp³-hybridized carbons (Fsp3) is 0.294. The topological polar surface area (TPSA) is 20.2 Å². The minimum absolute atomic E-state index is 0.531. The molecule has 0 aromatic heterocycles. The maximum Gasteiger partial charge on any atom is 0.104 e. The maximum atomic E-state index is 10.5. The number of hydrogen-bond donors (Lipinski definition) is 1. The fourth-order valence-electron chi connectivity index (χ4n) is 2.23. The van der Waals surface area contributed by atoms with Crippen molar-refractivity contribution in [1.82, 2.24) is 0 Å². The van der Waals surface area contributed by atoms with Crippen molar-refractivity contribution < 1.29 is 5.11 Å². The van der Waals surface area contributed by atoms with Crippen molar-refractivity contribution in [3.8, 4) is 0 Å². The summed E-state index contributed by atoms with van der Waals surface area (Å²) in [6.45, 7) is 6.27. The van der Waals surface area contributed by atoms with E-state index in [0.29, 0.717) is 0 Å². The van der Waals surface area contributed by atoms with Gasteiger partial charge in [0.05, 0.1) is 0 Å². The number of aliphatic hydroxyl groups excluding tert-OH is 1. The third kappa shape index (κ3) is 2.46. The second kappa shape index (κ2) is 5.36. The molecule has 0 radical (unpaired) electrons. The predicted octanol–water partition coefficient (Wildman–Crippen LogP) is 3.95. The minimum atomic E-state index is -0.531. The molecular formula is C17H20O. The van der Waals surface area contributed by atoms with Crippen LogP contribution in [0.4, 0.5) is 0 Å². The molecule has 1 atom stereocenters. The van der Waals surface area contributed by atoms with Crippen molar-refractivity contribution in [2.45, 2.75) is 33.3 Å². The first kappa shape index (κ1) is 12.8. The van der Waals surface area contributed by atoms with Gasteiger partial charge in [-0.15, -0.1) is 0 Å². The largest absolute Gasteiger partial charge is 0.384 e. The third-order valence-electron chi connectivity index (χ3n) is 3.62. The van der Waals surface area contributed by atoms with Gasteiger partial charge >= 0.3 is 0 Å². The van der Waals surface area contributed by atoms with Crippen LogP contribution in [0, 0.1) is 13.8 Å². The zero-order valence-corrected chi connectivity index (χ0v) is 11.3. The Kier molecular flexibility index (Phi) is 3.83. The standard InChI is InChI=1S/C17H20O/c1-4-14-8-6-9-15(11-14)17(18)16-10-5-7-12(2)13(16)3/h5-11,17-18H,4H2,1-3H3. The van der Waals surface area contributed by atoms with Crippen molar-refractivity contribution in [1.29, 1.82) is 0 Å². The molecule has 0 aliphatic carbocycles. The summed E-state index contributed by atoms with van der Waals surface area (Å²) in [5.74, 6) is 0. The summed E-state index contributed by atoms with van der Waals surface area (Å²) in [7, 11) is 0. The zero-order chi connectivity index (χ0) is 13.1. The van der Waals surface area contributed by atoms with Gasteiger partial charge in [0.1, 0.15) is 6.10 Å². The SMILES string of the molecule is CCc1cccc(C(O)c2cccc(C)c2C)c1. The van der Waals surface area contributed by atoms with Crippen LogP contribution in [0.3, 0.4) is 0 Å². The number of benzene rings is 2. The van der Waals surface area contributed by atoms with E-state index < -0.39 is 6.10 Å². The molecule has 0 aliphatic rings. The summed E-state index contributed by atoms with van der Waals surface area (Å²) in [6.07, 6.45) is 0.462. The van der Waals surface area contributed by atoms with Gasteiger partial charge < -0.3 is 5.11 Å². The first-order chi connectivity index (χ1) is 8.63. The maximum absolute atomic E-state index is 10.5. The molecule has 0 amide bonds. The van der Waals surface area contributed by atoms with Crippen molar-refractivity contribution >= 4 is 0 Å². The van der Waals surface area contributed by atoms with Gasteiger partial charge in [0, 0.05) is 0 Å². The summed E-state index contributed by atoms with van der Waals surface area (Å²) >= 11 is 0. The van der Waals surface area contributed by atoms with E-state index in [-0.39, 0.29) is 0 Å². The van der Waals surface area contributed by atoms with Crippen LogP contribution < -0.4 is 0 Å². The van der Waals surface area contributed by atoms with E-state index in [9.17, 15) is 5.11 Å². The van der Waals surface area contributed by atoms with Crippen LogP contribution in [0.25, 0.3) is 0 Å². The van der Waals surface area contributed by atoms with Crippen molar-refractivity contribution in [2.75, 3.05) is 0 Å². The molecule has 2 aromatic carbocycles. The molecule has 0 saturated heterocycles. The van der Waals surface area contributed by atoms with Crippen LogP contribution in [-0.2, 0) is 6.42 Å². The van der Waals surface area contributed by atoms with Crippen LogP contribution >= 0.6 is 0 Å². The molecule has 2 rings (SSSR count). The van der Waals surface area contributed by atoms with Crippen LogP contribution in [0.5, 0.6) is 0 Å². The second-order valence-electron chi connectivity index (χ2n) is 4.79. The highest BCUT2D eigenvalue weighted by Crippen LogP contribution is 2.26. The Hall–Kier alpha value is -1.60. The summed E-state index contributed by atoms with van der Waals surface area (Å²) in [5, 5.41) is 10.5. The number of aliphatic hydroxyl groups is 1. The van der Waals surface area contributed by atoms with E-state index >= 15 is 0 Å². The molecule has 1 nitrogen and oxygen atoms in total. The summed E-state index contributed by atoms with van der Waals surface area (Å²) in [4.78, 5) is 0. The quantitative estimate of drug-likeness (QED) is 0.861. The lowest BCUT2D eigenvalue weighted by atomic mass is 9.94. The first-order valence-electron chi connectivity index (χ1n) is 6.46. The average molecular weight is 240 g/mol. The first-order valence-corrected chi connectivity index (χ1v) is 6.46. The van der Waals surface area contributed by atoms with E-state index in [1.807, 2.05) is 24.3 Å². The van der Waals surface area contributed by atoms with E-state index in [2.05, 4.69) is 39.0 Å². The lowest BCUT2D eigenvalue weighted by molar-refractivity contribution is 0.219. The zero-order valence-electron chi connectivity index (χ0n) is 11.3. The fourth-order valence-corrected chi connectivity index (χ4v) is 2.23.